The zero-order valence-corrected chi connectivity index (χ0v) is 17.5. The molecule has 3 aromatic rings. The first-order chi connectivity index (χ1) is 14.4. The monoisotopic (exact) mass is 420 g/mol. The highest BCUT2D eigenvalue weighted by molar-refractivity contribution is 6.31. The third kappa shape index (κ3) is 2.67. The van der Waals surface area contributed by atoms with Crippen LogP contribution in [0.3, 0.4) is 0 Å². The molecule has 6 nitrogen and oxygen atoms in total. The molecule has 1 spiro atoms. The van der Waals surface area contributed by atoms with Gasteiger partial charge < -0.3 is 10.6 Å². The Labute approximate surface area is 179 Å². The summed E-state index contributed by atoms with van der Waals surface area (Å²) in [5.41, 5.74) is 3.25. The minimum atomic E-state index is -1.07. The summed E-state index contributed by atoms with van der Waals surface area (Å²) in [5, 5.41) is 11.0. The highest BCUT2D eigenvalue weighted by Gasteiger charge is 2.54. The third-order valence-electron chi connectivity index (χ3n) is 6.07. The van der Waals surface area contributed by atoms with Gasteiger partial charge in [0, 0.05) is 22.7 Å². The fourth-order valence-corrected chi connectivity index (χ4v) is 4.62. The van der Waals surface area contributed by atoms with Gasteiger partial charge in [-0.1, -0.05) is 55.8 Å². The Balaban J connectivity index is 1.67. The van der Waals surface area contributed by atoms with E-state index in [0.717, 1.165) is 22.4 Å². The van der Waals surface area contributed by atoms with Crippen LogP contribution in [0, 0.1) is 0 Å². The Kier molecular flexibility index (Phi) is 4.22. The smallest absolute Gasteiger partial charge is 0.240 e. The molecule has 2 amide bonds. The van der Waals surface area contributed by atoms with Crippen molar-refractivity contribution >= 4 is 34.9 Å². The van der Waals surface area contributed by atoms with Gasteiger partial charge in [0.15, 0.2) is 0 Å². The summed E-state index contributed by atoms with van der Waals surface area (Å²) in [4.78, 5) is 26.0. The van der Waals surface area contributed by atoms with Crippen LogP contribution in [-0.2, 0) is 21.5 Å². The molecule has 152 valence electrons. The highest BCUT2D eigenvalue weighted by atomic mass is 35.5. The molecule has 1 aromatic heterocycles. The fourth-order valence-electron chi connectivity index (χ4n) is 4.43. The van der Waals surface area contributed by atoms with Crippen LogP contribution in [0.15, 0.2) is 48.7 Å². The summed E-state index contributed by atoms with van der Waals surface area (Å²) in [6.07, 6.45) is 1.75. The number of nitrogens with zero attached hydrogens (tertiary/aromatic N) is 2. The van der Waals surface area contributed by atoms with Crippen LogP contribution in [0.1, 0.15) is 48.4 Å². The van der Waals surface area contributed by atoms with Crippen molar-refractivity contribution in [2.75, 3.05) is 10.6 Å². The van der Waals surface area contributed by atoms with Gasteiger partial charge in [-0.15, -0.1) is 0 Å². The van der Waals surface area contributed by atoms with Crippen molar-refractivity contribution < 1.29 is 9.59 Å². The minimum absolute atomic E-state index is 0.0537. The molecule has 2 aliphatic rings. The number of rotatable bonds is 3. The van der Waals surface area contributed by atoms with E-state index < -0.39 is 5.41 Å². The van der Waals surface area contributed by atoms with E-state index in [1.807, 2.05) is 42.5 Å². The van der Waals surface area contributed by atoms with Gasteiger partial charge >= 0.3 is 0 Å². The van der Waals surface area contributed by atoms with E-state index in [-0.39, 0.29) is 18.2 Å². The molecule has 0 fully saturated rings. The van der Waals surface area contributed by atoms with E-state index in [0.29, 0.717) is 28.9 Å². The number of hydrogen-bond donors (Lipinski definition) is 2. The Hall–Kier alpha value is -3.12. The second kappa shape index (κ2) is 6.71. The van der Waals surface area contributed by atoms with E-state index in [1.165, 1.54) is 0 Å². The maximum atomic E-state index is 13.3. The van der Waals surface area contributed by atoms with Crippen LogP contribution in [-0.4, -0.2) is 21.6 Å². The molecule has 0 aliphatic carbocycles. The molecule has 5 rings (SSSR count). The molecule has 0 radical (unpaired) electrons. The van der Waals surface area contributed by atoms with Gasteiger partial charge in [0.1, 0.15) is 11.2 Å². The highest BCUT2D eigenvalue weighted by Crippen LogP contribution is 2.50. The molecule has 2 aromatic carbocycles. The van der Waals surface area contributed by atoms with Crippen molar-refractivity contribution in [3.8, 4) is 0 Å². The van der Waals surface area contributed by atoms with Crippen molar-refractivity contribution in [3.63, 3.8) is 0 Å². The van der Waals surface area contributed by atoms with Crippen LogP contribution in [0.2, 0.25) is 5.02 Å². The number of aromatic nitrogens is 2. The number of halogens is 1. The quantitative estimate of drug-likeness (QED) is 0.663. The lowest BCUT2D eigenvalue weighted by Crippen LogP contribution is -2.43. The van der Waals surface area contributed by atoms with Crippen molar-refractivity contribution in [2.45, 2.75) is 38.1 Å². The van der Waals surface area contributed by atoms with Gasteiger partial charge in [0.05, 0.1) is 12.7 Å². The van der Waals surface area contributed by atoms with Crippen LogP contribution in [0.4, 0.5) is 11.5 Å². The maximum absolute atomic E-state index is 13.3. The Morgan fingerprint density at radius 2 is 1.93 bits per heavy atom. The van der Waals surface area contributed by atoms with Gasteiger partial charge in [0.25, 0.3) is 0 Å². The number of fused-ring (bicyclic) bond motifs is 4. The molecule has 2 aliphatic heterocycles. The zero-order valence-electron chi connectivity index (χ0n) is 16.7. The molecular formula is C23H21ClN4O2. The predicted molar refractivity (Wildman–Crippen MR) is 116 cm³/mol. The lowest BCUT2D eigenvalue weighted by atomic mass is 9.71. The summed E-state index contributed by atoms with van der Waals surface area (Å²) in [6, 6.07) is 13.5. The molecular weight excluding hydrogens is 400 g/mol. The lowest BCUT2D eigenvalue weighted by molar-refractivity contribution is -0.125. The first kappa shape index (κ1) is 18.9. The average molecular weight is 421 g/mol. The van der Waals surface area contributed by atoms with Gasteiger partial charge in [0.2, 0.25) is 11.8 Å². The molecule has 0 saturated heterocycles. The molecule has 0 unspecified atom stereocenters. The SMILES string of the molecule is CC(C)c1ccc2c(c1)[C@]1(CC(=O)Nc3c1cnn3Cc1ccccc1Cl)C(=O)N2. The first-order valence-corrected chi connectivity index (χ1v) is 10.3. The van der Waals surface area contributed by atoms with Crippen LogP contribution in [0.25, 0.3) is 0 Å². The van der Waals surface area contributed by atoms with Crippen molar-refractivity contribution in [2.24, 2.45) is 0 Å². The maximum Gasteiger partial charge on any atom is 0.240 e. The van der Waals surface area contributed by atoms with Crippen molar-refractivity contribution in [1.82, 2.24) is 9.78 Å². The van der Waals surface area contributed by atoms with Crippen LogP contribution >= 0.6 is 11.6 Å². The fraction of sp³-hybridized carbons (Fsp3) is 0.261. The summed E-state index contributed by atoms with van der Waals surface area (Å²) < 4.78 is 1.70. The number of carbonyl (C=O) groups is 2. The predicted octanol–water partition coefficient (Wildman–Crippen LogP) is 4.29. The summed E-state index contributed by atoms with van der Waals surface area (Å²) >= 11 is 6.32. The van der Waals surface area contributed by atoms with Gasteiger partial charge in [-0.25, -0.2) is 4.68 Å². The van der Waals surface area contributed by atoms with E-state index in [2.05, 4.69) is 29.6 Å². The Morgan fingerprint density at radius 1 is 1.13 bits per heavy atom. The van der Waals surface area contributed by atoms with Crippen LogP contribution < -0.4 is 10.6 Å². The van der Waals surface area contributed by atoms with Gasteiger partial charge in [-0.2, -0.15) is 5.10 Å². The van der Waals surface area contributed by atoms with E-state index >= 15 is 0 Å². The lowest BCUT2D eigenvalue weighted by Gasteiger charge is -2.32. The molecule has 7 heteroatoms. The van der Waals surface area contributed by atoms with Crippen LogP contribution in [0.5, 0.6) is 0 Å². The Bertz CT molecular complexity index is 1200. The second-order valence-electron chi connectivity index (χ2n) is 8.20. The largest absolute Gasteiger partial charge is 0.325 e. The number of amides is 2. The summed E-state index contributed by atoms with van der Waals surface area (Å²) in [5.74, 6) is 0.458. The molecule has 30 heavy (non-hydrogen) atoms. The van der Waals surface area contributed by atoms with Crippen molar-refractivity contribution in [1.29, 1.82) is 0 Å². The summed E-state index contributed by atoms with van der Waals surface area (Å²) in [6.45, 7) is 4.62. The molecule has 2 N–H and O–H groups in total. The number of carbonyl (C=O) groups excluding carboxylic acids is 2. The van der Waals surface area contributed by atoms with E-state index in [9.17, 15) is 9.59 Å². The molecule has 1 atom stereocenters. The number of anilines is 2. The average Bonchev–Trinajstić information content (AvgIpc) is 3.23. The number of hydrogen-bond acceptors (Lipinski definition) is 3. The molecule has 0 bridgehead atoms. The normalized spacial score (nSPS) is 19.6. The third-order valence-corrected chi connectivity index (χ3v) is 6.44. The number of benzene rings is 2. The summed E-state index contributed by atoms with van der Waals surface area (Å²) in [7, 11) is 0. The van der Waals surface area contributed by atoms with Gasteiger partial charge in [-0.05, 0) is 34.7 Å². The molecule has 0 saturated carbocycles. The topological polar surface area (TPSA) is 76.0 Å². The minimum Gasteiger partial charge on any atom is -0.325 e. The van der Waals surface area contributed by atoms with E-state index in [1.54, 1.807) is 10.9 Å². The van der Waals surface area contributed by atoms with Gasteiger partial charge in [-0.3, -0.25) is 9.59 Å². The number of nitrogens with one attached hydrogen (secondary N) is 2. The molecule has 3 heterocycles. The first-order valence-electron chi connectivity index (χ1n) is 9.95. The Morgan fingerprint density at radius 3 is 2.70 bits per heavy atom. The van der Waals surface area contributed by atoms with E-state index in [4.69, 9.17) is 11.6 Å². The second-order valence-corrected chi connectivity index (χ2v) is 8.61. The zero-order chi connectivity index (χ0) is 21.0. The van der Waals surface area contributed by atoms with Crippen molar-refractivity contribution in [3.05, 3.63) is 75.9 Å². The standard InChI is InChI=1S/C23H21ClN4O2/c1-13(2)14-7-8-19-16(9-14)23(22(30)26-19)10-20(29)27-21-17(23)11-25-28(21)12-15-5-3-4-6-18(15)24/h3-9,11,13H,10,12H2,1-2H3,(H,26,30)(H,27,29)/t23-/m0/s1.